The standard InChI is InChI=1S/C16H20FN3O/c17-15-6-2-1-4-13(15)12-20-8-7-19-16(20)11-18-10-14-5-3-9-21-14/h1-2,4,6-8,14,18H,3,5,9-12H2/t14-/m1/s1. The van der Waals surface area contributed by atoms with E-state index in [1.807, 2.05) is 16.8 Å². The van der Waals surface area contributed by atoms with Crippen LogP contribution in [-0.2, 0) is 17.8 Å². The first-order valence-electron chi connectivity index (χ1n) is 7.38. The average molecular weight is 289 g/mol. The highest BCUT2D eigenvalue weighted by molar-refractivity contribution is 5.18. The number of benzene rings is 1. The molecule has 0 spiro atoms. The summed E-state index contributed by atoms with van der Waals surface area (Å²) in [6.45, 7) is 2.88. The van der Waals surface area contributed by atoms with Crippen molar-refractivity contribution in [3.05, 3.63) is 53.9 Å². The van der Waals surface area contributed by atoms with Gasteiger partial charge in [-0.2, -0.15) is 0 Å². The van der Waals surface area contributed by atoms with Gasteiger partial charge in [-0.05, 0) is 18.9 Å². The van der Waals surface area contributed by atoms with Crippen molar-refractivity contribution in [2.75, 3.05) is 13.2 Å². The largest absolute Gasteiger partial charge is 0.377 e. The van der Waals surface area contributed by atoms with E-state index in [-0.39, 0.29) is 5.82 Å². The maximum atomic E-state index is 13.7. The fraction of sp³-hybridized carbons (Fsp3) is 0.438. The molecule has 1 aliphatic heterocycles. The first-order chi connectivity index (χ1) is 10.3. The first kappa shape index (κ1) is 14.2. The molecule has 1 fully saturated rings. The molecule has 21 heavy (non-hydrogen) atoms. The van der Waals surface area contributed by atoms with Gasteiger partial charge in [0.1, 0.15) is 11.6 Å². The number of rotatable bonds is 6. The molecule has 5 heteroatoms. The molecule has 1 aromatic carbocycles. The van der Waals surface area contributed by atoms with Gasteiger partial charge in [0, 0.05) is 31.1 Å². The van der Waals surface area contributed by atoms with Gasteiger partial charge in [-0.25, -0.2) is 9.37 Å². The van der Waals surface area contributed by atoms with E-state index >= 15 is 0 Å². The van der Waals surface area contributed by atoms with Crippen molar-refractivity contribution < 1.29 is 9.13 Å². The van der Waals surface area contributed by atoms with Crippen molar-refractivity contribution in [3.8, 4) is 0 Å². The molecule has 4 nitrogen and oxygen atoms in total. The Bertz CT molecular complexity index is 578. The molecule has 0 unspecified atom stereocenters. The monoisotopic (exact) mass is 289 g/mol. The molecular weight excluding hydrogens is 269 g/mol. The van der Waals surface area contributed by atoms with E-state index in [4.69, 9.17) is 4.74 Å². The number of hydrogen-bond acceptors (Lipinski definition) is 3. The lowest BCUT2D eigenvalue weighted by Gasteiger charge is -2.12. The van der Waals surface area contributed by atoms with Crippen LogP contribution < -0.4 is 5.32 Å². The Morgan fingerprint density at radius 3 is 3.10 bits per heavy atom. The van der Waals surface area contributed by atoms with E-state index in [0.717, 1.165) is 31.8 Å². The zero-order chi connectivity index (χ0) is 14.5. The van der Waals surface area contributed by atoms with E-state index in [1.165, 1.54) is 6.07 Å². The third-order valence-electron chi connectivity index (χ3n) is 3.78. The van der Waals surface area contributed by atoms with Crippen LogP contribution in [-0.4, -0.2) is 28.8 Å². The van der Waals surface area contributed by atoms with Crippen LogP contribution in [0.1, 0.15) is 24.2 Å². The minimum Gasteiger partial charge on any atom is -0.377 e. The van der Waals surface area contributed by atoms with Gasteiger partial charge in [-0.1, -0.05) is 18.2 Å². The zero-order valence-electron chi connectivity index (χ0n) is 12.0. The lowest BCUT2D eigenvalue weighted by Crippen LogP contribution is -2.27. The number of imidazole rings is 1. The van der Waals surface area contributed by atoms with E-state index in [9.17, 15) is 4.39 Å². The lowest BCUT2D eigenvalue weighted by atomic mass is 10.2. The topological polar surface area (TPSA) is 39.1 Å². The van der Waals surface area contributed by atoms with Crippen LogP contribution in [0.4, 0.5) is 4.39 Å². The Morgan fingerprint density at radius 1 is 1.38 bits per heavy atom. The molecular formula is C16H20FN3O. The maximum Gasteiger partial charge on any atom is 0.128 e. The highest BCUT2D eigenvalue weighted by Gasteiger charge is 2.15. The predicted octanol–water partition coefficient (Wildman–Crippen LogP) is 2.34. The third kappa shape index (κ3) is 3.68. The summed E-state index contributed by atoms with van der Waals surface area (Å²) in [6.07, 6.45) is 6.23. The van der Waals surface area contributed by atoms with Gasteiger partial charge in [0.15, 0.2) is 0 Å². The summed E-state index contributed by atoms with van der Waals surface area (Å²) in [5, 5.41) is 3.37. The average Bonchev–Trinajstić information content (AvgIpc) is 3.14. The van der Waals surface area contributed by atoms with Gasteiger partial charge in [-0.3, -0.25) is 0 Å². The van der Waals surface area contributed by atoms with Crippen molar-refractivity contribution >= 4 is 0 Å². The zero-order valence-corrected chi connectivity index (χ0v) is 12.0. The predicted molar refractivity (Wildman–Crippen MR) is 78.4 cm³/mol. The summed E-state index contributed by atoms with van der Waals surface area (Å²) in [6, 6.07) is 6.85. The summed E-state index contributed by atoms with van der Waals surface area (Å²) < 4.78 is 21.3. The second kappa shape index (κ2) is 6.83. The molecule has 0 radical (unpaired) electrons. The molecule has 0 bridgehead atoms. The summed E-state index contributed by atoms with van der Waals surface area (Å²) in [4.78, 5) is 4.34. The maximum absolute atomic E-state index is 13.7. The van der Waals surface area contributed by atoms with Crippen molar-refractivity contribution in [2.24, 2.45) is 0 Å². The Morgan fingerprint density at radius 2 is 2.29 bits per heavy atom. The Hall–Kier alpha value is -1.72. The quantitative estimate of drug-likeness (QED) is 0.887. The highest BCUT2D eigenvalue weighted by Crippen LogP contribution is 2.12. The van der Waals surface area contributed by atoms with Crippen LogP contribution in [0.5, 0.6) is 0 Å². The normalized spacial score (nSPS) is 18.2. The number of aromatic nitrogens is 2. The second-order valence-electron chi connectivity index (χ2n) is 5.33. The number of halogens is 1. The van der Waals surface area contributed by atoms with Crippen LogP contribution in [0, 0.1) is 5.82 Å². The van der Waals surface area contributed by atoms with Crippen LogP contribution >= 0.6 is 0 Å². The molecule has 3 rings (SSSR count). The van der Waals surface area contributed by atoms with Crippen LogP contribution in [0.25, 0.3) is 0 Å². The molecule has 2 aromatic rings. The molecule has 2 heterocycles. The molecule has 1 aliphatic rings. The van der Waals surface area contributed by atoms with E-state index in [1.54, 1.807) is 18.3 Å². The summed E-state index contributed by atoms with van der Waals surface area (Å²) in [5.74, 6) is 0.737. The van der Waals surface area contributed by atoms with E-state index in [2.05, 4.69) is 10.3 Å². The smallest absolute Gasteiger partial charge is 0.128 e. The van der Waals surface area contributed by atoms with Gasteiger partial charge >= 0.3 is 0 Å². The molecule has 0 saturated carbocycles. The number of hydrogen-bond donors (Lipinski definition) is 1. The van der Waals surface area contributed by atoms with Crippen LogP contribution in [0.3, 0.4) is 0 Å². The fourth-order valence-corrected chi connectivity index (χ4v) is 2.61. The highest BCUT2D eigenvalue weighted by atomic mass is 19.1. The summed E-state index contributed by atoms with van der Waals surface area (Å²) in [7, 11) is 0. The molecule has 1 saturated heterocycles. The van der Waals surface area contributed by atoms with Gasteiger partial charge in [-0.15, -0.1) is 0 Å². The van der Waals surface area contributed by atoms with Crippen molar-refractivity contribution in [3.63, 3.8) is 0 Å². The van der Waals surface area contributed by atoms with Crippen molar-refractivity contribution in [2.45, 2.75) is 32.0 Å². The van der Waals surface area contributed by atoms with Gasteiger partial charge < -0.3 is 14.6 Å². The number of nitrogens with one attached hydrogen (secondary N) is 1. The molecule has 1 atom stereocenters. The SMILES string of the molecule is Fc1ccccc1Cn1ccnc1CNC[C@H]1CCCO1. The minimum atomic E-state index is -0.176. The summed E-state index contributed by atoms with van der Waals surface area (Å²) >= 11 is 0. The van der Waals surface area contributed by atoms with Crippen LogP contribution in [0.15, 0.2) is 36.7 Å². The molecule has 1 N–H and O–H groups in total. The Balaban J connectivity index is 1.57. The number of nitrogens with zero attached hydrogens (tertiary/aromatic N) is 2. The van der Waals surface area contributed by atoms with Crippen molar-refractivity contribution in [1.82, 2.24) is 14.9 Å². The molecule has 112 valence electrons. The molecule has 0 aliphatic carbocycles. The Kier molecular flexibility index (Phi) is 4.62. The molecule has 0 amide bonds. The van der Waals surface area contributed by atoms with Crippen molar-refractivity contribution in [1.29, 1.82) is 0 Å². The van der Waals surface area contributed by atoms with E-state index < -0.39 is 0 Å². The van der Waals surface area contributed by atoms with Crippen LogP contribution in [0.2, 0.25) is 0 Å². The second-order valence-corrected chi connectivity index (χ2v) is 5.33. The van der Waals surface area contributed by atoms with Gasteiger partial charge in [0.25, 0.3) is 0 Å². The molecule has 1 aromatic heterocycles. The summed E-state index contributed by atoms with van der Waals surface area (Å²) in [5.41, 5.74) is 0.677. The van der Waals surface area contributed by atoms with E-state index in [0.29, 0.717) is 24.8 Å². The minimum absolute atomic E-state index is 0.176. The lowest BCUT2D eigenvalue weighted by molar-refractivity contribution is 0.109. The van der Waals surface area contributed by atoms with Gasteiger partial charge in [0.05, 0.1) is 19.2 Å². The first-order valence-corrected chi connectivity index (χ1v) is 7.38. The Labute approximate surface area is 124 Å². The number of ether oxygens (including phenoxy) is 1. The van der Waals surface area contributed by atoms with Gasteiger partial charge in [0.2, 0.25) is 0 Å². The third-order valence-corrected chi connectivity index (χ3v) is 3.78. The fourth-order valence-electron chi connectivity index (χ4n) is 2.61.